The van der Waals surface area contributed by atoms with Gasteiger partial charge in [0, 0.05) is 19.1 Å². The molecule has 1 saturated heterocycles. The first-order valence-electron chi connectivity index (χ1n) is 2.81. The summed E-state index contributed by atoms with van der Waals surface area (Å²) in [6.07, 6.45) is 5.02. The molecule has 0 amide bonds. The highest BCUT2D eigenvalue weighted by Crippen LogP contribution is 1.87. The van der Waals surface area contributed by atoms with E-state index < -0.39 is 0 Å². The van der Waals surface area contributed by atoms with Crippen molar-refractivity contribution < 1.29 is 0 Å². The Bertz CT molecular complexity index is 107. The fourth-order valence-corrected chi connectivity index (χ4v) is 0.636. The minimum atomic E-state index is 0. The average Bonchev–Trinajstić information content (AvgIpc) is 1.63. The summed E-state index contributed by atoms with van der Waals surface area (Å²) in [5, 5.41) is 6.31. The van der Waals surface area contributed by atoms with Crippen molar-refractivity contribution in [2.45, 2.75) is 6.04 Å². The second kappa shape index (κ2) is 7.17. The molecule has 0 aliphatic carbocycles. The van der Waals surface area contributed by atoms with E-state index in [-0.39, 0.29) is 24.8 Å². The van der Waals surface area contributed by atoms with Gasteiger partial charge in [0.25, 0.3) is 0 Å². The number of halogens is 2. The van der Waals surface area contributed by atoms with Crippen molar-refractivity contribution >= 4 is 24.8 Å². The highest BCUT2D eigenvalue weighted by molar-refractivity contribution is 5.85. The lowest BCUT2D eigenvalue weighted by Gasteiger charge is -2.27. The van der Waals surface area contributed by atoms with Gasteiger partial charge < -0.3 is 10.6 Å². The molecule has 0 aromatic heterocycles. The highest BCUT2D eigenvalue weighted by atomic mass is 35.5. The molecule has 0 radical (unpaired) electrons. The van der Waals surface area contributed by atoms with Gasteiger partial charge in [0.05, 0.1) is 6.54 Å². The molecule has 4 heteroatoms. The maximum Gasteiger partial charge on any atom is 0.0576 e. The van der Waals surface area contributed by atoms with Crippen LogP contribution in [0.5, 0.6) is 0 Å². The van der Waals surface area contributed by atoms with Gasteiger partial charge in [-0.2, -0.15) is 0 Å². The Morgan fingerprint density at radius 3 is 2.40 bits per heavy atom. The summed E-state index contributed by atoms with van der Waals surface area (Å²) < 4.78 is 0. The third-order valence-electron chi connectivity index (χ3n) is 1.27. The molecule has 1 rings (SSSR count). The van der Waals surface area contributed by atoms with Crippen LogP contribution < -0.4 is 10.6 Å². The van der Waals surface area contributed by atoms with Gasteiger partial charge in [-0.3, -0.25) is 0 Å². The lowest BCUT2D eigenvalue weighted by atomic mass is 10.2. The lowest BCUT2D eigenvalue weighted by molar-refractivity contribution is 0.381. The summed E-state index contributed by atoms with van der Waals surface area (Å²) >= 11 is 0. The Balaban J connectivity index is 0. The first-order valence-corrected chi connectivity index (χ1v) is 2.81. The largest absolute Gasteiger partial charge is 0.314 e. The van der Waals surface area contributed by atoms with Gasteiger partial charge >= 0.3 is 0 Å². The van der Waals surface area contributed by atoms with E-state index >= 15 is 0 Å². The average molecular weight is 183 g/mol. The van der Waals surface area contributed by atoms with Crippen LogP contribution in [0.2, 0.25) is 0 Å². The van der Waals surface area contributed by atoms with Gasteiger partial charge in [-0.25, -0.2) is 0 Å². The lowest BCUT2D eigenvalue weighted by Crippen LogP contribution is -2.55. The van der Waals surface area contributed by atoms with Gasteiger partial charge in [-0.15, -0.1) is 31.2 Å². The van der Waals surface area contributed by atoms with E-state index in [1.165, 1.54) is 0 Å². The van der Waals surface area contributed by atoms with Crippen molar-refractivity contribution in [3.63, 3.8) is 0 Å². The predicted octanol–water partition coefficient (Wildman–Crippen LogP) is 0.0246. The van der Waals surface area contributed by atoms with Gasteiger partial charge in [-0.05, 0) is 0 Å². The summed E-state index contributed by atoms with van der Waals surface area (Å²) in [6.45, 7) is 2.84. The Labute approximate surface area is 74.0 Å². The van der Waals surface area contributed by atoms with Crippen LogP contribution in [0, 0.1) is 12.3 Å². The maximum atomic E-state index is 5.02. The van der Waals surface area contributed by atoms with E-state index in [1.54, 1.807) is 0 Å². The Morgan fingerprint density at radius 2 is 2.10 bits per heavy atom. The molecule has 0 unspecified atom stereocenters. The summed E-state index contributed by atoms with van der Waals surface area (Å²) in [7, 11) is 0. The van der Waals surface area contributed by atoms with Crippen LogP contribution in [0.4, 0.5) is 0 Å². The molecular weight excluding hydrogens is 171 g/mol. The van der Waals surface area contributed by atoms with E-state index in [4.69, 9.17) is 6.42 Å². The van der Waals surface area contributed by atoms with Crippen molar-refractivity contribution in [2.24, 2.45) is 0 Å². The first kappa shape index (κ1) is 12.7. The summed E-state index contributed by atoms with van der Waals surface area (Å²) in [5.74, 6) is 2.53. The number of rotatable bonds is 2. The van der Waals surface area contributed by atoms with Crippen molar-refractivity contribution in [1.82, 2.24) is 10.6 Å². The zero-order valence-electron chi connectivity index (χ0n) is 5.59. The molecular formula is C6H12Cl2N2. The molecule has 60 valence electrons. The quantitative estimate of drug-likeness (QED) is 0.590. The van der Waals surface area contributed by atoms with Crippen LogP contribution in [0.15, 0.2) is 0 Å². The van der Waals surface area contributed by atoms with Crippen molar-refractivity contribution in [1.29, 1.82) is 0 Å². The number of hydrogen-bond donors (Lipinski definition) is 2. The summed E-state index contributed by atoms with van der Waals surface area (Å²) in [6, 6.07) is 0.631. The normalized spacial score (nSPS) is 15.5. The van der Waals surface area contributed by atoms with E-state index in [0.717, 1.165) is 13.1 Å². The molecule has 0 aromatic carbocycles. The van der Waals surface area contributed by atoms with E-state index in [2.05, 4.69) is 16.6 Å². The monoisotopic (exact) mass is 182 g/mol. The second-order valence-corrected chi connectivity index (χ2v) is 1.94. The van der Waals surface area contributed by atoms with E-state index in [9.17, 15) is 0 Å². The van der Waals surface area contributed by atoms with Crippen LogP contribution in [-0.4, -0.2) is 25.7 Å². The SMILES string of the molecule is C#CCNC1CNC1.Cl.Cl. The molecule has 2 N–H and O–H groups in total. The first-order chi connectivity index (χ1) is 3.93. The molecule has 2 nitrogen and oxygen atoms in total. The molecule has 1 aliphatic heterocycles. The molecule has 1 fully saturated rings. The predicted molar refractivity (Wildman–Crippen MR) is 48.0 cm³/mol. The summed E-state index contributed by atoms with van der Waals surface area (Å²) in [5.41, 5.74) is 0. The Kier molecular flexibility index (Phi) is 9.11. The Hall–Kier alpha value is 0.0600. The zero-order chi connectivity index (χ0) is 5.82. The molecule has 10 heavy (non-hydrogen) atoms. The topological polar surface area (TPSA) is 24.1 Å². The van der Waals surface area contributed by atoms with Crippen molar-refractivity contribution in [3.8, 4) is 12.3 Å². The van der Waals surface area contributed by atoms with Gasteiger partial charge in [0.2, 0.25) is 0 Å². The van der Waals surface area contributed by atoms with E-state index in [1.807, 2.05) is 0 Å². The molecule has 0 bridgehead atoms. The summed E-state index contributed by atoms with van der Waals surface area (Å²) in [4.78, 5) is 0. The third kappa shape index (κ3) is 3.97. The molecule has 0 saturated carbocycles. The standard InChI is InChI=1S/C6H10N2.2ClH/c1-2-3-8-6-4-7-5-6;;/h1,6-8H,3-5H2;2*1H. The fraction of sp³-hybridized carbons (Fsp3) is 0.667. The molecule has 1 heterocycles. The van der Waals surface area contributed by atoms with Crippen LogP contribution >= 0.6 is 24.8 Å². The van der Waals surface area contributed by atoms with E-state index in [0.29, 0.717) is 12.6 Å². The van der Waals surface area contributed by atoms with Crippen molar-refractivity contribution in [3.05, 3.63) is 0 Å². The van der Waals surface area contributed by atoms with Gasteiger partial charge in [0.15, 0.2) is 0 Å². The smallest absolute Gasteiger partial charge is 0.0576 e. The van der Waals surface area contributed by atoms with Crippen LogP contribution in [0.1, 0.15) is 0 Å². The van der Waals surface area contributed by atoms with Crippen molar-refractivity contribution in [2.75, 3.05) is 19.6 Å². The zero-order valence-corrected chi connectivity index (χ0v) is 7.23. The highest BCUT2D eigenvalue weighted by Gasteiger charge is 2.13. The van der Waals surface area contributed by atoms with Crippen LogP contribution in [0.3, 0.4) is 0 Å². The van der Waals surface area contributed by atoms with Gasteiger partial charge in [-0.1, -0.05) is 5.92 Å². The van der Waals surface area contributed by atoms with Gasteiger partial charge in [0.1, 0.15) is 0 Å². The fourth-order valence-electron chi connectivity index (χ4n) is 0.636. The third-order valence-corrected chi connectivity index (χ3v) is 1.27. The molecule has 0 spiro atoms. The van der Waals surface area contributed by atoms with Crippen LogP contribution in [0.25, 0.3) is 0 Å². The molecule has 0 atom stereocenters. The minimum Gasteiger partial charge on any atom is -0.314 e. The number of hydrogen-bond acceptors (Lipinski definition) is 2. The number of terminal acetylenes is 1. The minimum absolute atomic E-state index is 0. The molecule has 1 aliphatic rings. The molecule has 0 aromatic rings. The Morgan fingerprint density at radius 1 is 1.50 bits per heavy atom. The van der Waals surface area contributed by atoms with Crippen LogP contribution in [-0.2, 0) is 0 Å². The number of nitrogens with one attached hydrogen (secondary N) is 2. The second-order valence-electron chi connectivity index (χ2n) is 1.94. The maximum absolute atomic E-state index is 5.02.